The first-order chi connectivity index (χ1) is 10.5. The first-order valence-electron chi connectivity index (χ1n) is 7.25. The summed E-state index contributed by atoms with van der Waals surface area (Å²) in [6.45, 7) is 0.718. The van der Waals surface area contributed by atoms with Crippen LogP contribution in [0.5, 0.6) is 0 Å². The molecule has 1 heterocycles. The van der Waals surface area contributed by atoms with Crippen molar-refractivity contribution >= 4 is 33.8 Å². The molecule has 2 amide bonds. The monoisotopic (exact) mass is 321 g/mol. The third-order valence-electron chi connectivity index (χ3n) is 3.38. The van der Waals surface area contributed by atoms with Crippen LogP contribution in [0.3, 0.4) is 0 Å². The molecule has 22 heavy (non-hydrogen) atoms. The number of carbonyl (C=O) groups excluding carboxylic acids is 2. The Bertz CT molecular complexity index is 634. The maximum absolute atomic E-state index is 12.3. The summed E-state index contributed by atoms with van der Waals surface area (Å²) in [6, 6.07) is 8.55. The SMILES string of the molecule is O=C([B]S(=O)(=O)N1CCCCCCC1=O)Nc1ccccc1. The predicted octanol–water partition coefficient (Wildman–Crippen LogP) is 1.96. The summed E-state index contributed by atoms with van der Waals surface area (Å²) in [6.07, 6.45) is 3.32. The zero-order chi connectivity index (χ0) is 16.0. The van der Waals surface area contributed by atoms with Crippen molar-refractivity contribution in [3.63, 3.8) is 0 Å². The summed E-state index contributed by atoms with van der Waals surface area (Å²) in [5.74, 6) is -1.20. The molecule has 1 aromatic carbocycles. The van der Waals surface area contributed by atoms with E-state index in [1.165, 1.54) is 0 Å². The molecule has 0 unspecified atom stereocenters. The lowest BCUT2D eigenvalue weighted by atomic mass is 10.1. The van der Waals surface area contributed by atoms with Crippen LogP contribution >= 0.6 is 0 Å². The van der Waals surface area contributed by atoms with Gasteiger partial charge in [0.25, 0.3) is 0 Å². The van der Waals surface area contributed by atoms with Gasteiger partial charge >= 0.3 is 6.56 Å². The Hall–Kier alpha value is -1.83. The zero-order valence-electron chi connectivity index (χ0n) is 12.2. The maximum atomic E-state index is 12.3. The van der Waals surface area contributed by atoms with Crippen LogP contribution < -0.4 is 5.32 Å². The van der Waals surface area contributed by atoms with Crippen molar-refractivity contribution < 1.29 is 18.0 Å². The van der Waals surface area contributed by atoms with Gasteiger partial charge in [0.15, 0.2) is 15.7 Å². The minimum absolute atomic E-state index is 0.135. The third-order valence-corrected chi connectivity index (χ3v) is 4.90. The molecule has 0 aromatic heterocycles. The quantitative estimate of drug-likeness (QED) is 0.859. The molecule has 1 N–H and O–H groups in total. The highest BCUT2D eigenvalue weighted by molar-refractivity contribution is 8.16. The Labute approximate surface area is 131 Å². The summed E-state index contributed by atoms with van der Waals surface area (Å²) in [5.41, 5.74) is 0.498. The van der Waals surface area contributed by atoms with Crippen molar-refractivity contribution in [2.75, 3.05) is 11.9 Å². The molecule has 0 bridgehead atoms. The average Bonchev–Trinajstić information content (AvgIpc) is 2.43. The third kappa shape index (κ3) is 4.59. The van der Waals surface area contributed by atoms with Crippen molar-refractivity contribution in [2.24, 2.45) is 0 Å². The first kappa shape index (κ1) is 16.5. The first-order valence-corrected chi connectivity index (χ1v) is 8.76. The largest absolute Gasteiger partial charge is 0.423 e. The fraction of sp³-hybridized carbons (Fsp3) is 0.429. The summed E-state index contributed by atoms with van der Waals surface area (Å²) in [4.78, 5) is 23.8. The van der Waals surface area contributed by atoms with E-state index in [4.69, 9.17) is 0 Å². The average molecular weight is 321 g/mol. The molecule has 1 aromatic rings. The van der Waals surface area contributed by atoms with Crippen LogP contribution in [0.1, 0.15) is 32.1 Å². The van der Waals surface area contributed by atoms with Crippen LogP contribution in [0, 0.1) is 0 Å². The van der Waals surface area contributed by atoms with Crippen LogP contribution in [0.25, 0.3) is 0 Å². The molecule has 2 rings (SSSR count). The highest BCUT2D eigenvalue weighted by Crippen LogP contribution is 2.15. The van der Waals surface area contributed by atoms with E-state index >= 15 is 0 Å². The molecule has 1 radical (unpaired) electrons. The highest BCUT2D eigenvalue weighted by atomic mass is 32.2. The number of amides is 2. The summed E-state index contributed by atoms with van der Waals surface area (Å²) in [5, 5.41) is 2.47. The minimum Gasteiger partial charge on any atom is -0.334 e. The van der Waals surface area contributed by atoms with Crippen molar-refractivity contribution in [3.8, 4) is 0 Å². The molecule has 1 saturated heterocycles. The summed E-state index contributed by atoms with van der Waals surface area (Å²) < 4.78 is 25.3. The second-order valence-electron chi connectivity index (χ2n) is 5.15. The van der Waals surface area contributed by atoms with Crippen LogP contribution in [0.15, 0.2) is 30.3 Å². The molecule has 8 heteroatoms. The number of rotatable bonds is 4. The molecule has 1 aliphatic rings. The molecule has 1 fully saturated rings. The number of nitrogens with one attached hydrogen (secondary N) is 1. The summed E-state index contributed by atoms with van der Waals surface area (Å²) in [7, 11) is -4.04. The fourth-order valence-electron chi connectivity index (χ4n) is 2.30. The number of anilines is 1. The van der Waals surface area contributed by atoms with Crippen molar-refractivity contribution in [2.45, 2.75) is 32.1 Å². The van der Waals surface area contributed by atoms with Gasteiger partial charge in [0.1, 0.15) is 0 Å². The van der Waals surface area contributed by atoms with Crippen molar-refractivity contribution in [1.82, 2.24) is 4.31 Å². The standard InChI is InChI=1S/C14H18BN2O4S/c18-13-10-6-1-2-7-11-17(13)22(20,21)15-14(19)16-12-8-4-3-5-9-12/h3-5,8-9H,1-2,6-7,10-11H2,(H,16,19). The molecule has 6 nitrogen and oxygen atoms in total. The van der Waals surface area contributed by atoms with E-state index in [-0.39, 0.29) is 13.0 Å². The lowest BCUT2D eigenvalue weighted by molar-refractivity contribution is -0.126. The van der Waals surface area contributed by atoms with Gasteiger partial charge in [-0.3, -0.25) is 9.59 Å². The van der Waals surface area contributed by atoms with E-state index in [2.05, 4.69) is 5.32 Å². The van der Waals surface area contributed by atoms with E-state index < -0.39 is 21.6 Å². The topological polar surface area (TPSA) is 83.6 Å². The Morgan fingerprint density at radius 1 is 1.09 bits per heavy atom. The second-order valence-corrected chi connectivity index (χ2v) is 6.85. The van der Waals surface area contributed by atoms with Gasteiger partial charge in [0.05, 0.1) is 0 Å². The molecule has 117 valence electrons. The van der Waals surface area contributed by atoms with E-state index in [1.54, 1.807) is 30.3 Å². The van der Waals surface area contributed by atoms with Gasteiger partial charge in [-0.1, -0.05) is 31.0 Å². The molecule has 0 spiro atoms. The van der Waals surface area contributed by atoms with Crippen molar-refractivity contribution in [3.05, 3.63) is 30.3 Å². The van der Waals surface area contributed by atoms with Gasteiger partial charge < -0.3 is 5.32 Å². The lowest BCUT2D eigenvalue weighted by Crippen LogP contribution is -2.43. The van der Waals surface area contributed by atoms with Gasteiger partial charge in [-0.25, -0.2) is 12.7 Å². The van der Waals surface area contributed by atoms with E-state index in [1.807, 2.05) is 0 Å². The van der Waals surface area contributed by atoms with Crippen LogP contribution in [0.4, 0.5) is 10.5 Å². The predicted molar refractivity (Wildman–Crippen MR) is 84.9 cm³/mol. The Morgan fingerprint density at radius 3 is 2.50 bits per heavy atom. The van der Waals surface area contributed by atoms with Crippen LogP contribution in [-0.2, 0) is 14.7 Å². The molecule has 0 saturated carbocycles. The normalized spacial score (nSPS) is 16.5. The van der Waals surface area contributed by atoms with Crippen molar-refractivity contribution in [1.29, 1.82) is 0 Å². The summed E-state index contributed by atoms with van der Waals surface area (Å²) >= 11 is 0. The van der Waals surface area contributed by atoms with Gasteiger partial charge in [-0.15, -0.1) is 0 Å². The van der Waals surface area contributed by atoms with Gasteiger partial charge in [-0.05, 0) is 25.0 Å². The zero-order valence-corrected chi connectivity index (χ0v) is 13.0. The molecule has 1 aliphatic heterocycles. The Kier molecular flexibility index (Phi) is 5.60. The smallest absolute Gasteiger partial charge is 0.334 e. The number of para-hydroxylation sites is 1. The Balaban J connectivity index is 2.02. The molecular formula is C14H18BN2O4S. The van der Waals surface area contributed by atoms with Crippen LogP contribution in [0.2, 0.25) is 0 Å². The van der Waals surface area contributed by atoms with E-state index in [0.717, 1.165) is 17.1 Å². The number of benzene rings is 1. The second kappa shape index (κ2) is 7.44. The molecule has 0 aliphatic carbocycles. The van der Waals surface area contributed by atoms with Gasteiger partial charge in [0.2, 0.25) is 5.91 Å². The number of carbonyl (C=O) groups is 2. The van der Waals surface area contributed by atoms with Gasteiger partial charge in [0, 0.05) is 18.7 Å². The number of hydrogen-bond acceptors (Lipinski definition) is 4. The maximum Gasteiger partial charge on any atom is 0.423 e. The van der Waals surface area contributed by atoms with Gasteiger partial charge in [-0.2, -0.15) is 0 Å². The molecule has 0 atom stereocenters. The highest BCUT2D eigenvalue weighted by Gasteiger charge is 2.31. The fourth-order valence-corrected chi connectivity index (χ4v) is 3.51. The molecular weight excluding hydrogens is 303 g/mol. The minimum atomic E-state index is -4.04. The van der Waals surface area contributed by atoms with Crippen LogP contribution in [-0.4, -0.2) is 37.5 Å². The number of nitrogens with zero attached hydrogens (tertiary/aromatic N) is 1. The lowest BCUT2D eigenvalue weighted by Gasteiger charge is -2.24. The number of hydrogen-bond donors (Lipinski definition) is 1. The van der Waals surface area contributed by atoms with E-state index in [9.17, 15) is 18.0 Å². The van der Waals surface area contributed by atoms with E-state index in [0.29, 0.717) is 25.1 Å². The Morgan fingerprint density at radius 2 is 1.77 bits per heavy atom.